The van der Waals surface area contributed by atoms with Gasteiger partial charge in [0, 0.05) is 36.7 Å². The third-order valence-corrected chi connectivity index (χ3v) is 8.66. The Morgan fingerprint density at radius 2 is 1.70 bits per heavy atom. The number of carbonyl (C=O) groups excluding carboxylic acids is 1. The van der Waals surface area contributed by atoms with Crippen LogP contribution < -0.4 is 19.5 Å². The minimum absolute atomic E-state index is 0.308. The molecule has 8 nitrogen and oxygen atoms in total. The van der Waals surface area contributed by atoms with Crippen molar-refractivity contribution in [2.75, 3.05) is 39.4 Å². The lowest BCUT2D eigenvalue weighted by Crippen LogP contribution is -2.11. The lowest BCUT2D eigenvalue weighted by Gasteiger charge is -2.14. The fourth-order valence-corrected chi connectivity index (χ4v) is 6.03. The lowest BCUT2D eigenvalue weighted by molar-refractivity contribution is -0.111. The van der Waals surface area contributed by atoms with Crippen LogP contribution in [0.5, 0.6) is 17.2 Å². The van der Waals surface area contributed by atoms with E-state index in [9.17, 15) is 9.35 Å². The second-order valence-corrected chi connectivity index (χ2v) is 12.1. The Bertz CT molecular complexity index is 1550. The summed E-state index contributed by atoms with van der Waals surface area (Å²) < 4.78 is 37.7. The summed E-state index contributed by atoms with van der Waals surface area (Å²) in [5.74, 6) is 1.98. The molecule has 46 heavy (non-hydrogen) atoms. The van der Waals surface area contributed by atoms with Crippen LogP contribution in [-0.4, -0.2) is 49.1 Å². The Hall–Kier alpha value is -4.18. The largest absolute Gasteiger partial charge is 0.611 e. The molecule has 0 spiro atoms. The highest BCUT2D eigenvalue weighted by Gasteiger charge is 2.15. The van der Waals surface area contributed by atoms with E-state index in [0.29, 0.717) is 46.6 Å². The van der Waals surface area contributed by atoms with E-state index in [-0.39, 0.29) is 5.91 Å². The molecular weight excluding hydrogens is 600 g/mol. The van der Waals surface area contributed by atoms with Gasteiger partial charge in [-0.1, -0.05) is 32.4 Å². The van der Waals surface area contributed by atoms with Gasteiger partial charge in [-0.05, 0) is 102 Å². The molecule has 1 atom stereocenters. The van der Waals surface area contributed by atoms with Crippen LogP contribution in [0, 0.1) is 0 Å². The van der Waals surface area contributed by atoms with E-state index in [0.717, 1.165) is 55.0 Å². The van der Waals surface area contributed by atoms with Crippen molar-refractivity contribution < 1.29 is 28.3 Å². The highest BCUT2D eigenvalue weighted by atomic mass is 32.2. The summed E-state index contributed by atoms with van der Waals surface area (Å²) in [5.41, 5.74) is 4.21. The van der Waals surface area contributed by atoms with Crippen LogP contribution >= 0.6 is 0 Å². The van der Waals surface area contributed by atoms with Gasteiger partial charge in [0.1, 0.15) is 12.4 Å². The van der Waals surface area contributed by atoms with Gasteiger partial charge in [0.2, 0.25) is 5.91 Å². The van der Waals surface area contributed by atoms with E-state index in [1.807, 2.05) is 54.7 Å². The van der Waals surface area contributed by atoms with E-state index in [1.165, 1.54) is 6.08 Å². The average Bonchev–Trinajstić information content (AvgIpc) is 3.51. The third kappa shape index (κ3) is 9.91. The molecule has 0 fully saturated rings. The number of nitrogens with zero attached hydrogens (tertiary/aromatic N) is 1. The van der Waals surface area contributed by atoms with Crippen molar-refractivity contribution in [1.82, 2.24) is 4.57 Å². The molecule has 0 saturated carbocycles. The standard InChI is InChI=1S/C37H44N2O6S/c1-5-7-22-44-23-24-45-33-15-10-28(11-16-33)30-25-29(37(43-4)35(26-30)42-3)12-19-36(40)38-31-13-17-34(18-14-31)46(41)27-32-9-8-21-39(32)20-6-2/h8-19,21,25-26H,5-7,20,22-24,27H2,1-4H3,(H,38,40)/b19-12+. The molecule has 0 saturated heterocycles. The zero-order valence-electron chi connectivity index (χ0n) is 27.1. The second-order valence-electron chi connectivity index (χ2n) is 10.7. The number of methoxy groups -OCH3 is 2. The van der Waals surface area contributed by atoms with Crippen LogP contribution in [0.15, 0.2) is 90.0 Å². The summed E-state index contributed by atoms with van der Waals surface area (Å²) in [6.07, 6.45) is 8.35. The normalized spacial score (nSPS) is 11.8. The van der Waals surface area contributed by atoms with Gasteiger partial charge in [-0.2, -0.15) is 0 Å². The fraction of sp³-hybridized carbons (Fsp3) is 0.324. The van der Waals surface area contributed by atoms with Crippen molar-refractivity contribution in [3.63, 3.8) is 0 Å². The Kier molecular flexibility index (Phi) is 13.6. The Morgan fingerprint density at radius 3 is 2.39 bits per heavy atom. The number of ether oxygens (including phenoxy) is 4. The molecule has 244 valence electrons. The number of benzene rings is 3. The molecule has 0 radical (unpaired) electrons. The summed E-state index contributed by atoms with van der Waals surface area (Å²) in [5, 5.41) is 2.88. The highest BCUT2D eigenvalue weighted by Crippen LogP contribution is 2.37. The molecule has 4 aromatic rings. The van der Waals surface area contributed by atoms with Crippen LogP contribution in [0.1, 0.15) is 44.4 Å². The van der Waals surface area contributed by atoms with Crippen molar-refractivity contribution >= 4 is 28.8 Å². The van der Waals surface area contributed by atoms with E-state index in [2.05, 4.69) is 23.7 Å². The van der Waals surface area contributed by atoms with Crippen molar-refractivity contribution in [2.45, 2.75) is 50.3 Å². The second kappa shape index (κ2) is 18.1. The molecule has 1 amide bonds. The molecule has 1 heterocycles. The van der Waals surface area contributed by atoms with Crippen molar-refractivity contribution in [3.8, 4) is 28.4 Å². The van der Waals surface area contributed by atoms with E-state index < -0.39 is 11.2 Å². The van der Waals surface area contributed by atoms with Gasteiger partial charge in [0.25, 0.3) is 0 Å². The molecule has 0 aliphatic rings. The molecule has 0 aliphatic carbocycles. The number of rotatable bonds is 18. The molecule has 1 N–H and O–H groups in total. The Labute approximate surface area is 275 Å². The van der Waals surface area contributed by atoms with Crippen LogP contribution in [0.4, 0.5) is 5.69 Å². The van der Waals surface area contributed by atoms with Gasteiger partial charge in [-0.3, -0.25) is 4.79 Å². The number of carbonyl (C=O) groups is 1. The summed E-state index contributed by atoms with van der Waals surface area (Å²) >= 11 is -1.19. The van der Waals surface area contributed by atoms with E-state index in [4.69, 9.17) is 18.9 Å². The number of amides is 1. The van der Waals surface area contributed by atoms with Gasteiger partial charge in [0.05, 0.1) is 26.5 Å². The highest BCUT2D eigenvalue weighted by molar-refractivity contribution is 7.90. The predicted molar refractivity (Wildman–Crippen MR) is 185 cm³/mol. The molecule has 9 heteroatoms. The summed E-state index contributed by atoms with van der Waals surface area (Å²) in [6, 6.07) is 22.8. The number of nitrogens with one attached hydrogen (secondary N) is 1. The number of aryl methyl sites for hydroxylation is 1. The van der Waals surface area contributed by atoms with Gasteiger partial charge >= 0.3 is 0 Å². The number of anilines is 1. The first-order valence-electron chi connectivity index (χ1n) is 15.6. The van der Waals surface area contributed by atoms with Crippen LogP contribution in [-0.2, 0) is 33.0 Å². The van der Waals surface area contributed by atoms with Crippen molar-refractivity contribution in [2.24, 2.45) is 0 Å². The molecule has 4 rings (SSSR count). The van der Waals surface area contributed by atoms with Gasteiger partial charge in [0.15, 0.2) is 22.1 Å². The smallest absolute Gasteiger partial charge is 0.248 e. The van der Waals surface area contributed by atoms with Crippen LogP contribution in [0.3, 0.4) is 0 Å². The SMILES string of the molecule is CCCCOCCOc1ccc(-c2cc(/C=C/C(=O)Nc3ccc([S+]([O-])Cc4cccn4CCC)cc3)c(OC)c(OC)c2)cc1. The minimum atomic E-state index is -1.19. The number of hydrogen-bond donors (Lipinski definition) is 1. The number of hydrogen-bond acceptors (Lipinski definition) is 6. The minimum Gasteiger partial charge on any atom is -0.611 e. The van der Waals surface area contributed by atoms with E-state index in [1.54, 1.807) is 44.6 Å². The quantitative estimate of drug-likeness (QED) is 0.0677. The summed E-state index contributed by atoms with van der Waals surface area (Å²) in [6.45, 7) is 6.97. The predicted octanol–water partition coefficient (Wildman–Crippen LogP) is 7.74. The first-order chi connectivity index (χ1) is 22.4. The number of aromatic nitrogens is 1. The Balaban J connectivity index is 1.39. The molecule has 1 unspecified atom stereocenters. The summed E-state index contributed by atoms with van der Waals surface area (Å²) in [7, 11) is 3.15. The maximum Gasteiger partial charge on any atom is 0.248 e. The molecular formula is C37H44N2O6S. The average molecular weight is 645 g/mol. The number of unbranched alkanes of at least 4 members (excludes halogenated alkanes) is 1. The molecule has 3 aromatic carbocycles. The topological polar surface area (TPSA) is 94.0 Å². The van der Waals surface area contributed by atoms with Gasteiger partial charge in [-0.25, -0.2) is 0 Å². The van der Waals surface area contributed by atoms with Crippen LogP contribution in [0.25, 0.3) is 17.2 Å². The Morgan fingerprint density at radius 1 is 0.913 bits per heavy atom. The molecule has 0 bridgehead atoms. The maximum absolute atomic E-state index is 13.0. The first kappa shape index (κ1) is 34.7. The van der Waals surface area contributed by atoms with Gasteiger partial charge < -0.3 is 33.4 Å². The molecule has 0 aliphatic heterocycles. The molecule has 1 aromatic heterocycles. The van der Waals surface area contributed by atoms with Crippen molar-refractivity contribution in [1.29, 1.82) is 0 Å². The van der Waals surface area contributed by atoms with Crippen LogP contribution in [0.2, 0.25) is 0 Å². The fourth-order valence-electron chi connectivity index (χ4n) is 4.89. The van der Waals surface area contributed by atoms with Gasteiger partial charge in [-0.15, -0.1) is 0 Å². The third-order valence-electron chi connectivity index (χ3n) is 7.30. The first-order valence-corrected chi connectivity index (χ1v) is 17.0. The zero-order valence-corrected chi connectivity index (χ0v) is 27.9. The summed E-state index contributed by atoms with van der Waals surface area (Å²) in [4.78, 5) is 13.6. The monoisotopic (exact) mass is 644 g/mol. The van der Waals surface area contributed by atoms with Crippen molar-refractivity contribution in [3.05, 3.63) is 96.3 Å². The maximum atomic E-state index is 13.0. The van der Waals surface area contributed by atoms with E-state index >= 15 is 0 Å². The lowest BCUT2D eigenvalue weighted by atomic mass is 10.0. The zero-order chi connectivity index (χ0) is 32.7.